The summed E-state index contributed by atoms with van der Waals surface area (Å²) in [5, 5.41) is 3.66. The molecule has 0 aliphatic heterocycles. The third kappa shape index (κ3) is 2.90. The third-order valence-electron chi connectivity index (χ3n) is 3.34. The number of fused-ring (bicyclic) bond motifs is 1. The second kappa shape index (κ2) is 5.75. The molecule has 1 aliphatic carbocycles. The SMILES string of the molecule is Cc1noc(COC(=O)c2cc3c(s2)CCCCC3)n1. The molecule has 0 spiro atoms. The smallest absolute Gasteiger partial charge is 0.348 e. The Morgan fingerprint density at radius 3 is 3.05 bits per heavy atom. The van der Waals surface area contributed by atoms with Crippen molar-refractivity contribution in [3.05, 3.63) is 33.1 Å². The van der Waals surface area contributed by atoms with E-state index in [1.165, 1.54) is 29.7 Å². The maximum Gasteiger partial charge on any atom is 0.348 e. The van der Waals surface area contributed by atoms with Gasteiger partial charge in [0.05, 0.1) is 0 Å². The maximum atomic E-state index is 12.0. The molecule has 20 heavy (non-hydrogen) atoms. The molecule has 0 bridgehead atoms. The van der Waals surface area contributed by atoms with Crippen molar-refractivity contribution in [3.63, 3.8) is 0 Å². The lowest BCUT2D eigenvalue weighted by atomic mass is 10.1. The number of ether oxygens (including phenoxy) is 1. The molecule has 0 saturated carbocycles. The van der Waals surface area contributed by atoms with Crippen LogP contribution in [-0.2, 0) is 24.2 Å². The number of esters is 1. The van der Waals surface area contributed by atoms with Gasteiger partial charge in [-0.2, -0.15) is 4.98 Å². The van der Waals surface area contributed by atoms with Gasteiger partial charge in [0.25, 0.3) is 5.89 Å². The summed E-state index contributed by atoms with van der Waals surface area (Å²) in [6, 6.07) is 1.98. The first-order valence-corrected chi connectivity index (χ1v) is 7.62. The van der Waals surface area contributed by atoms with Crippen molar-refractivity contribution in [1.82, 2.24) is 10.1 Å². The van der Waals surface area contributed by atoms with E-state index in [9.17, 15) is 4.79 Å². The van der Waals surface area contributed by atoms with Gasteiger partial charge in [0, 0.05) is 4.88 Å². The largest absolute Gasteiger partial charge is 0.451 e. The highest BCUT2D eigenvalue weighted by Crippen LogP contribution is 2.29. The molecule has 0 aromatic carbocycles. The lowest BCUT2D eigenvalue weighted by Gasteiger charge is -1.98. The first kappa shape index (κ1) is 13.3. The zero-order chi connectivity index (χ0) is 13.9. The number of aromatic nitrogens is 2. The summed E-state index contributed by atoms with van der Waals surface area (Å²) in [5.74, 6) is 0.562. The molecule has 0 radical (unpaired) electrons. The fourth-order valence-electron chi connectivity index (χ4n) is 2.37. The summed E-state index contributed by atoms with van der Waals surface area (Å²) in [6.45, 7) is 1.76. The van der Waals surface area contributed by atoms with Crippen LogP contribution in [0.3, 0.4) is 0 Å². The molecule has 1 aliphatic rings. The van der Waals surface area contributed by atoms with Crippen LogP contribution in [0.4, 0.5) is 0 Å². The minimum atomic E-state index is -0.307. The minimum Gasteiger partial charge on any atom is -0.451 e. The number of rotatable bonds is 3. The molecule has 3 rings (SSSR count). The molecule has 5 nitrogen and oxygen atoms in total. The van der Waals surface area contributed by atoms with E-state index in [-0.39, 0.29) is 12.6 Å². The number of carbonyl (C=O) groups is 1. The molecule has 0 atom stereocenters. The highest BCUT2D eigenvalue weighted by atomic mass is 32.1. The number of nitrogens with zero attached hydrogens (tertiary/aromatic N) is 2. The maximum absolute atomic E-state index is 12.0. The van der Waals surface area contributed by atoms with Crippen LogP contribution in [0.25, 0.3) is 0 Å². The van der Waals surface area contributed by atoms with Gasteiger partial charge in [0.2, 0.25) is 0 Å². The first-order chi connectivity index (χ1) is 9.72. The average Bonchev–Trinajstić information content (AvgIpc) is 2.97. The van der Waals surface area contributed by atoms with E-state index in [0.717, 1.165) is 12.8 Å². The summed E-state index contributed by atoms with van der Waals surface area (Å²) >= 11 is 1.56. The lowest BCUT2D eigenvalue weighted by molar-refractivity contribution is 0.0435. The molecular formula is C14H16N2O3S. The van der Waals surface area contributed by atoms with Crippen molar-refractivity contribution in [2.24, 2.45) is 0 Å². The second-order valence-electron chi connectivity index (χ2n) is 4.93. The van der Waals surface area contributed by atoms with Crippen LogP contribution in [0.15, 0.2) is 10.6 Å². The zero-order valence-electron chi connectivity index (χ0n) is 11.3. The van der Waals surface area contributed by atoms with Crippen LogP contribution in [-0.4, -0.2) is 16.1 Å². The van der Waals surface area contributed by atoms with E-state index in [1.807, 2.05) is 6.07 Å². The van der Waals surface area contributed by atoms with Crippen LogP contribution >= 0.6 is 11.3 Å². The standard InChI is InChI=1S/C14H16N2O3S/c1-9-15-13(19-16-9)8-18-14(17)12-7-10-5-3-2-4-6-11(10)20-12/h7H,2-6,8H2,1H3. The minimum absolute atomic E-state index is 0.0300. The Morgan fingerprint density at radius 2 is 2.25 bits per heavy atom. The highest BCUT2D eigenvalue weighted by Gasteiger charge is 2.18. The van der Waals surface area contributed by atoms with Crippen LogP contribution in [0, 0.1) is 6.92 Å². The molecule has 0 fully saturated rings. The van der Waals surface area contributed by atoms with Crippen molar-refractivity contribution in [3.8, 4) is 0 Å². The quantitative estimate of drug-likeness (QED) is 0.642. The predicted octanol–water partition coefficient (Wildman–Crippen LogP) is 3.07. The summed E-state index contributed by atoms with van der Waals surface area (Å²) < 4.78 is 10.1. The van der Waals surface area contributed by atoms with Gasteiger partial charge in [-0.05, 0) is 44.2 Å². The van der Waals surface area contributed by atoms with Crippen LogP contribution < -0.4 is 0 Å². The fraction of sp³-hybridized carbons (Fsp3) is 0.500. The normalized spacial score (nSPS) is 14.7. The van der Waals surface area contributed by atoms with Gasteiger partial charge in [-0.1, -0.05) is 11.6 Å². The second-order valence-corrected chi connectivity index (χ2v) is 6.07. The summed E-state index contributed by atoms with van der Waals surface area (Å²) in [6.07, 6.45) is 5.85. The van der Waals surface area contributed by atoms with E-state index in [0.29, 0.717) is 16.6 Å². The topological polar surface area (TPSA) is 65.2 Å². The average molecular weight is 292 g/mol. The number of aryl methyl sites for hydroxylation is 3. The van der Waals surface area contributed by atoms with E-state index >= 15 is 0 Å². The Morgan fingerprint density at radius 1 is 1.40 bits per heavy atom. The van der Waals surface area contributed by atoms with Crippen molar-refractivity contribution in [2.45, 2.75) is 45.6 Å². The first-order valence-electron chi connectivity index (χ1n) is 6.80. The van der Waals surface area contributed by atoms with E-state index in [1.54, 1.807) is 18.3 Å². The van der Waals surface area contributed by atoms with E-state index in [2.05, 4.69) is 10.1 Å². The molecule has 2 heterocycles. The fourth-order valence-corrected chi connectivity index (χ4v) is 3.51. The van der Waals surface area contributed by atoms with Crippen molar-refractivity contribution in [1.29, 1.82) is 0 Å². The predicted molar refractivity (Wildman–Crippen MR) is 73.7 cm³/mol. The van der Waals surface area contributed by atoms with Crippen LogP contribution in [0.1, 0.15) is 51.1 Å². The number of thiophene rings is 1. The molecule has 0 saturated heterocycles. The highest BCUT2D eigenvalue weighted by molar-refractivity contribution is 7.14. The molecule has 2 aromatic rings. The molecule has 106 valence electrons. The van der Waals surface area contributed by atoms with Crippen LogP contribution in [0.2, 0.25) is 0 Å². The molecule has 2 aromatic heterocycles. The van der Waals surface area contributed by atoms with Gasteiger partial charge in [-0.15, -0.1) is 11.3 Å². The Kier molecular flexibility index (Phi) is 3.82. The molecular weight excluding hydrogens is 276 g/mol. The number of carbonyl (C=O) groups excluding carboxylic acids is 1. The van der Waals surface area contributed by atoms with E-state index < -0.39 is 0 Å². The monoisotopic (exact) mass is 292 g/mol. The van der Waals surface area contributed by atoms with Gasteiger partial charge in [-0.3, -0.25) is 0 Å². The zero-order valence-corrected chi connectivity index (χ0v) is 12.2. The number of hydrogen-bond donors (Lipinski definition) is 0. The van der Waals surface area contributed by atoms with Gasteiger partial charge >= 0.3 is 5.97 Å². The molecule has 0 unspecified atom stereocenters. The summed E-state index contributed by atoms with van der Waals surface area (Å²) in [4.78, 5) is 18.0. The third-order valence-corrected chi connectivity index (χ3v) is 4.56. The van der Waals surface area contributed by atoms with Crippen molar-refractivity contribution >= 4 is 17.3 Å². The Labute approximate surface area is 121 Å². The molecule has 0 amide bonds. The Hall–Kier alpha value is -1.69. The van der Waals surface area contributed by atoms with Gasteiger partial charge < -0.3 is 9.26 Å². The number of hydrogen-bond acceptors (Lipinski definition) is 6. The van der Waals surface area contributed by atoms with Gasteiger partial charge in [0.15, 0.2) is 12.4 Å². The van der Waals surface area contributed by atoms with Gasteiger partial charge in [-0.25, -0.2) is 4.79 Å². The molecule has 6 heteroatoms. The van der Waals surface area contributed by atoms with Crippen molar-refractivity contribution in [2.75, 3.05) is 0 Å². The Bertz CT molecular complexity index is 594. The van der Waals surface area contributed by atoms with E-state index in [4.69, 9.17) is 9.26 Å². The summed E-state index contributed by atoms with van der Waals surface area (Å²) in [7, 11) is 0. The molecule has 0 N–H and O–H groups in total. The van der Waals surface area contributed by atoms with Crippen molar-refractivity contribution < 1.29 is 14.1 Å². The lowest BCUT2D eigenvalue weighted by Crippen LogP contribution is -2.03. The van der Waals surface area contributed by atoms with Crippen LogP contribution in [0.5, 0.6) is 0 Å². The van der Waals surface area contributed by atoms with Gasteiger partial charge in [0.1, 0.15) is 4.88 Å². The Balaban J connectivity index is 1.65. The summed E-state index contributed by atoms with van der Waals surface area (Å²) in [5.41, 5.74) is 1.31.